The van der Waals surface area contributed by atoms with Gasteiger partial charge in [-0.2, -0.15) is 0 Å². The van der Waals surface area contributed by atoms with Crippen LogP contribution in [-0.4, -0.2) is 15.3 Å². The number of imidazole rings is 1. The van der Waals surface area contributed by atoms with Crippen LogP contribution in [0.4, 0.5) is 5.69 Å². The third-order valence-corrected chi connectivity index (χ3v) is 4.07. The maximum absolute atomic E-state index is 12.7. The van der Waals surface area contributed by atoms with Gasteiger partial charge in [-0.15, -0.1) is 0 Å². The molecule has 0 saturated heterocycles. The summed E-state index contributed by atoms with van der Waals surface area (Å²) in [4.78, 5) is 19.0. The van der Waals surface area contributed by atoms with Crippen LogP contribution in [0, 0.1) is 5.92 Å². The zero-order valence-electron chi connectivity index (χ0n) is 12.2. The number of anilines is 1. The fraction of sp³-hybridized carbons (Fsp3) is 0.222. The minimum atomic E-state index is 0.194. The minimum Gasteiger partial charge on any atom is -0.306 e. The smallest absolute Gasteiger partial charge is 0.230 e. The van der Waals surface area contributed by atoms with Gasteiger partial charge >= 0.3 is 0 Å². The number of carbonyl (C=O) groups is 1. The third kappa shape index (κ3) is 2.37. The van der Waals surface area contributed by atoms with E-state index >= 15 is 0 Å². The van der Waals surface area contributed by atoms with Crippen LogP contribution in [-0.2, 0) is 11.3 Å². The number of hydrogen-bond donors (Lipinski definition) is 0. The first-order valence-corrected chi connectivity index (χ1v) is 7.60. The van der Waals surface area contributed by atoms with Gasteiger partial charge in [-0.25, -0.2) is 4.98 Å². The highest BCUT2D eigenvalue weighted by Crippen LogP contribution is 2.33. The summed E-state index contributed by atoms with van der Waals surface area (Å²) in [5.74, 6) is 0.413. The average Bonchev–Trinajstić information content (AvgIpc) is 3.34. The van der Waals surface area contributed by atoms with Crippen molar-refractivity contribution in [2.24, 2.45) is 5.92 Å². The topological polar surface area (TPSA) is 37.6 Å². The van der Waals surface area contributed by atoms with Gasteiger partial charge in [0.1, 0.15) is 5.65 Å². The Balaban J connectivity index is 1.70. The Bertz CT molecular complexity index is 805. The monoisotopic (exact) mass is 291 g/mol. The van der Waals surface area contributed by atoms with Crippen LogP contribution < -0.4 is 4.90 Å². The molecule has 2 aromatic heterocycles. The molecule has 1 aliphatic carbocycles. The summed E-state index contributed by atoms with van der Waals surface area (Å²) < 4.78 is 2.04. The number of rotatable bonds is 4. The van der Waals surface area contributed by atoms with Crippen molar-refractivity contribution in [2.75, 3.05) is 4.90 Å². The van der Waals surface area contributed by atoms with Gasteiger partial charge in [0.2, 0.25) is 5.91 Å². The number of benzene rings is 1. The molecular weight excluding hydrogens is 274 g/mol. The summed E-state index contributed by atoms with van der Waals surface area (Å²) in [5, 5.41) is 0. The fourth-order valence-electron chi connectivity index (χ4n) is 2.72. The van der Waals surface area contributed by atoms with Crippen molar-refractivity contribution >= 4 is 17.2 Å². The number of fused-ring (bicyclic) bond motifs is 1. The van der Waals surface area contributed by atoms with E-state index in [0.29, 0.717) is 6.54 Å². The van der Waals surface area contributed by atoms with E-state index in [0.717, 1.165) is 29.9 Å². The highest BCUT2D eigenvalue weighted by Gasteiger charge is 2.34. The van der Waals surface area contributed by atoms with E-state index in [-0.39, 0.29) is 11.8 Å². The van der Waals surface area contributed by atoms with Gasteiger partial charge in [0, 0.05) is 17.8 Å². The Kier molecular flexibility index (Phi) is 3.15. The van der Waals surface area contributed by atoms with E-state index in [1.54, 1.807) is 0 Å². The van der Waals surface area contributed by atoms with Crippen molar-refractivity contribution in [3.05, 3.63) is 66.6 Å². The SMILES string of the molecule is O=C(C1CC1)N(Cc1cnc2ccccn12)c1ccccc1. The van der Waals surface area contributed by atoms with Crippen LogP contribution >= 0.6 is 0 Å². The predicted molar refractivity (Wildman–Crippen MR) is 85.5 cm³/mol. The zero-order valence-corrected chi connectivity index (χ0v) is 12.2. The first-order valence-electron chi connectivity index (χ1n) is 7.60. The van der Waals surface area contributed by atoms with Crippen molar-refractivity contribution in [1.29, 1.82) is 0 Å². The first kappa shape index (κ1) is 13.1. The second-order valence-electron chi connectivity index (χ2n) is 5.71. The maximum atomic E-state index is 12.7. The third-order valence-electron chi connectivity index (χ3n) is 4.07. The quantitative estimate of drug-likeness (QED) is 0.740. The molecule has 0 N–H and O–H groups in total. The number of pyridine rings is 1. The van der Waals surface area contributed by atoms with E-state index < -0.39 is 0 Å². The van der Waals surface area contributed by atoms with E-state index in [1.165, 1.54) is 0 Å². The first-order chi connectivity index (χ1) is 10.8. The molecule has 1 aliphatic rings. The summed E-state index contributed by atoms with van der Waals surface area (Å²) in [6, 6.07) is 15.8. The summed E-state index contributed by atoms with van der Waals surface area (Å²) in [6.07, 6.45) is 5.86. The molecule has 0 aliphatic heterocycles. The largest absolute Gasteiger partial charge is 0.306 e. The Morgan fingerprint density at radius 3 is 2.68 bits per heavy atom. The summed E-state index contributed by atoms with van der Waals surface area (Å²) in [5.41, 5.74) is 2.88. The molecule has 4 rings (SSSR count). The molecule has 0 atom stereocenters. The average molecular weight is 291 g/mol. The fourth-order valence-corrected chi connectivity index (χ4v) is 2.72. The van der Waals surface area contributed by atoms with E-state index in [2.05, 4.69) is 4.98 Å². The van der Waals surface area contributed by atoms with E-state index in [9.17, 15) is 4.79 Å². The Morgan fingerprint density at radius 2 is 1.91 bits per heavy atom. The molecule has 0 spiro atoms. The molecule has 1 saturated carbocycles. The van der Waals surface area contributed by atoms with Gasteiger partial charge in [0.05, 0.1) is 18.4 Å². The van der Waals surface area contributed by atoms with Gasteiger partial charge in [-0.3, -0.25) is 4.79 Å². The van der Waals surface area contributed by atoms with Crippen LogP contribution in [0.5, 0.6) is 0 Å². The molecule has 1 amide bonds. The van der Waals surface area contributed by atoms with Crippen molar-refractivity contribution < 1.29 is 4.79 Å². The van der Waals surface area contributed by atoms with Gasteiger partial charge in [0.25, 0.3) is 0 Å². The van der Waals surface area contributed by atoms with Crippen LogP contribution in [0.25, 0.3) is 5.65 Å². The molecular formula is C18H17N3O. The van der Waals surface area contributed by atoms with Crippen molar-refractivity contribution in [1.82, 2.24) is 9.38 Å². The van der Waals surface area contributed by atoms with Gasteiger partial charge in [-0.05, 0) is 37.1 Å². The predicted octanol–water partition coefficient (Wildman–Crippen LogP) is 3.28. The van der Waals surface area contributed by atoms with Crippen molar-refractivity contribution in [3.8, 4) is 0 Å². The second kappa shape index (κ2) is 5.30. The van der Waals surface area contributed by atoms with Crippen LogP contribution in [0.3, 0.4) is 0 Å². The molecule has 0 unspecified atom stereocenters. The lowest BCUT2D eigenvalue weighted by Crippen LogP contribution is -2.32. The standard InChI is InChI=1S/C18H17N3O/c22-18(14-9-10-14)21(15-6-2-1-3-7-15)13-16-12-19-17-8-4-5-11-20(16)17/h1-8,11-12,14H,9-10,13H2. The number of para-hydroxylation sites is 1. The Labute approximate surface area is 129 Å². The van der Waals surface area contributed by atoms with Crippen molar-refractivity contribution in [3.63, 3.8) is 0 Å². The summed E-state index contributed by atoms with van der Waals surface area (Å²) >= 11 is 0. The molecule has 1 fully saturated rings. The molecule has 2 heterocycles. The van der Waals surface area contributed by atoms with Crippen LogP contribution in [0.1, 0.15) is 18.5 Å². The number of aromatic nitrogens is 2. The summed E-state index contributed by atoms with van der Waals surface area (Å²) in [7, 11) is 0. The van der Waals surface area contributed by atoms with Crippen molar-refractivity contribution in [2.45, 2.75) is 19.4 Å². The number of carbonyl (C=O) groups excluding carboxylic acids is 1. The lowest BCUT2D eigenvalue weighted by molar-refractivity contribution is -0.119. The molecule has 3 aromatic rings. The maximum Gasteiger partial charge on any atom is 0.230 e. The van der Waals surface area contributed by atoms with Crippen LogP contribution in [0.15, 0.2) is 60.9 Å². The number of amides is 1. The number of nitrogens with zero attached hydrogens (tertiary/aromatic N) is 3. The summed E-state index contributed by atoms with van der Waals surface area (Å²) in [6.45, 7) is 0.546. The molecule has 0 bridgehead atoms. The van der Waals surface area contributed by atoms with Gasteiger partial charge in [0.15, 0.2) is 0 Å². The van der Waals surface area contributed by atoms with Crippen LogP contribution in [0.2, 0.25) is 0 Å². The molecule has 1 aromatic carbocycles. The van der Waals surface area contributed by atoms with Gasteiger partial charge in [-0.1, -0.05) is 24.3 Å². The molecule has 4 heteroatoms. The number of hydrogen-bond acceptors (Lipinski definition) is 2. The van der Waals surface area contributed by atoms with E-state index in [4.69, 9.17) is 0 Å². The molecule has 22 heavy (non-hydrogen) atoms. The normalized spacial score (nSPS) is 14.2. The minimum absolute atomic E-state index is 0.194. The highest BCUT2D eigenvalue weighted by atomic mass is 16.2. The molecule has 0 radical (unpaired) electrons. The highest BCUT2D eigenvalue weighted by molar-refractivity contribution is 5.96. The molecule has 110 valence electrons. The van der Waals surface area contributed by atoms with E-state index in [1.807, 2.05) is 70.2 Å². The Hall–Kier alpha value is -2.62. The second-order valence-corrected chi connectivity index (χ2v) is 5.71. The molecule has 4 nitrogen and oxygen atoms in total. The lowest BCUT2D eigenvalue weighted by Gasteiger charge is -2.22. The lowest BCUT2D eigenvalue weighted by atomic mass is 10.2. The zero-order chi connectivity index (χ0) is 14.9. The van der Waals surface area contributed by atoms with Gasteiger partial charge < -0.3 is 9.30 Å². The Morgan fingerprint density at radius 1 is 1.14 bits per heavy atom.